The first-order valence-corrected chi connectivity index (χ1v) is 15.5. The minimum absolute atomic E-state index is 0.0385. The number of anilines is 1. The number of esters is 1. The molecule has 5 rings (SSSR count). The topological polar surface area (TPSA) is 142 Å². The van der Waals surface area contributed by atoms with E-state index in [0.717, 1.165) is 39.1 Å². The zero-order valence-electron chi connectivity index (χ0n) is 24.4. The monoisotopic (exact) mass is 626 g/mol. The Kier molecular flexibility index (Phi) is 9.21. The number of ether oxygens (including phenoxy) is 1. The maximum absolute atomic E-state index is 13.1. The van der Waals surface area contributed by atoms with Crippen LogP contribution in [0, 0.1) is 6.92 Å². The number of benzene rings is 2. The van der Waals surface area contributed by atoms with Crippen LogP contribution in [0.25, 0.3) is 33.5 Å². The van der Waals surface area contributed by atoms with Crippen LogP contribution < -0.4 is 11.1 Å². The molecule has 5 aromatic rings. The molecular formula is C32H30N6O4S2. The Balaban J connectivity index is 1.44. The van der Waals surface area contributed by atoms with Gasteiger partial charge in [0.05, 0.1) is 33.5 Å². The number of carbonyl (C=O) groups is 3. The molecule has 0 aliphatic heterocycles. The number of primary amides is 1. The van der Waals surface area contributed by atoms with E-state index in [2.05, 4.69) is 22.1 Å². The number of thioether (sulfide) groups is 1. The number of fused-ring (bicyclic) bond motifs is 1. The van der Waals surface area contributed by atoms with Gasteiger partial charge in [-0.25, -0.2) is 9.78 Å². The van der Waals surface area contributed by atoms with Crippen molar-refractivity contribution in [2.24, 2.45) is 5.73 Å². The number of para-hydroxylation sites is 1. The minimum atomic E-state index is -0.690. The predicted octanol–water partition coefficient (Wildman–Crippen LogP) is 6.11. The molecule has 3 heterocycles. The number of hydrogen-bond donors (Lipinski definition) is 2. The molecule has 0 bridgehead atoms. The van der Waals surface area contributed by atoms with Crippen LogP contribution in [0.2, 0.25) is 0 Å². The highest BCUT2D eigenvalue weighted by Gasteiger charge is 2.27. The van der Waals surface area contributed by atoms with Gasteiger partial charge in [0.1, 0.15) is 5.00 Å². The molecule has 0 atom stereocenters. The molecule has 3 aromatic heterocycles. The van der Waals surface area contributed by atoms with Gasteiger partial charge in [-0.1, -0.05) is 66.4 Å². The molecular weight excluding hydrogens is 597 g/mol. The molecule has 0 saturated heterocycles. The zero-order chi connectivity index (χ0) is 31.4. The first-order chi connectivity index (χ1) is 21.2. The van der Waals surface area contributed by atoms with Gasteiger partial charge < -0.3 is 15.8 Å². The van der Waals surface area contributed by atoms with Crippen molar-refractivity contribution in [1.82, 2.24) is 19.7 Å². The SMILES string of the molecule is C=CCn1c(SCC(=O)Nc2sc(C(N)=O)c(C)c2C(=O)OC(C)C)nnc1-c1cc(-c2ccccc2)nc2ccccc12. The summed E-state index contributed by atoms with van der Waals surface area (Å²) in [6.07, 6.45) is 1.36. The molecule has 0 fully saturated rings. The van der Waals surface area contributed by atoms with Crippen LogP contribution in [0.1, 0.15) is 39.4 Å². The number of thiophene rings is 1. The van der Waals surface area contributed by atoms with Crippen molar-refractivity contribution in [3.05, 3.63) is 89.3 Å². The molecule has 224 valence electrons. The third kappa shape index (κ3) is 6.41. The summed E-state index contributed by atoms with van der Waals surface area (Å²) < 4.78 is 7.24. The molecule has 2 aromatic carbocycles. The number of aromatic nitrogens is 4. The molecule has 44 heavy (non-hydrogen) atoms. The Morgan fingerprint density at radius 3 is 2.55 bits per heavy atom. The molecule has 0 spiro atoms. The number of rotatable bonds is 11. The second-order valence-corrected chi connectivity index (χ2v) is 12.0. The summed E-state index contributed by atoms with van der Waals surface area (Å²) >= 11 is 2.13. The van der Waals surface area contributed by atoms with Crippen molar-refractivity contribution in [2.75, 3.05) is 11.1 Å². The number of carbonyl (C=O) groups excluding carboxylic acids is 3. The van der Waals surface area contributed by atoms with Gasteiger partial charge in [-0.05, 0) is 38.5 Å². The third-order valence-electron chi connectivity index (χ3n) is 6.56. The van der Waals surface area contributed by atoms with Gasteiger partial charge >= 0.3 is 5.97 Å². The molecule has 0 aliphatic rings. The van der Waals surface area contributed by atoms with E-state index < -0.39 is 17.8 Å². The van der Waals surface area contributed by atoms with E-state index in [1.807, 2.05) is 65.2 Å². The largest absolute Gasteiger partial charge is 0.459 e. The summed E-state index contributed by atoms with van der Waals surface area (Å²) in [7, 11) is 0. The summed E-state index contributed by atoms with van der Waals surface area (Å²) in [6.45, 7) is 9.34. The molecule has 0 radical (unpaired) electrons. The van der Waals surface area contributed by atoms with Gasteiger partial charge in [0.15, 0.2) is 11.0 Å². The number of allylic oxidation sites excluding steroid dienone is 1. The Hall–Kier alpha value is -4.81. The van der Waals surface area contributed by atoms with Gasteiger partial charge in [-0.15, -0.1) is 28.1 Å². The summed E-state index contributed by atoms with van der Waals surface area (Å²) in [5, 5.41) is 13.3. The summed E-state index contributed by atoms with van der Waals surface area (Å²) in [6, 6.07) is 19.7. The van der Waals surface area contributed by atoms with E-state index in [0.29, 0.717) is 23.1 Å². The van der Waals surface area contributed by atoms with Gasteiger partial charge in [-0.3, -0.25) is 14.2 Å². The molecule has 2 amide bonds. The predicted molar refractivity (Wildman–Crippen MR) is 174 cm³/mol. The van der Waals surface area contributed by atoms with E-state index in [9.17, 15) is 14.4 Å². The molecule has 10 nitrogen and oxygen atoms in total. The highest BCUT2D eigenvalue weighted by molar-refractivity contribution is 7.99. The highest BCUT2D eigenvalue weighted by atomic mass is 32.2. The lowest BCUT2D eigenvalue weighted by atomic mass is 10.0. The average molecular weight is 627 g/mol. The maximum atomic E-state index is 13.1. The smallest absolute Gasteiger partial charge is 0.341 e. The average Bonchev–Trinajstić information content (AvgIpc) is 3.55. The van der Waals surface area contributed by atoms with Crippen LogP contribution in [0.5, 0.6) is 0 Å². The lowest BCUT2D eigenvalue weighted by Crippen LogP contribution is -2.18. The first kappa shape index (κ1) is 30.6. The van der Waals surface area contributed by atoms with Crippen LogP contribution in [0.3, 0.4) is 0 Å². The fourth-order valence-corrected chi connectivity index (χ4v) is 6.46. The fourth-order valence-electron chi connectivity index (χ4n) is 4.65. The third-order valence-corrected chi connectivity index (χ3v) is 8.75. The Morgan fingerprint density at radius 2 is 1.84 bits per heavy atom. The van der Waals surface area contributed by atoms with Crippen molar-refractivity contribution in [3.8, 4) is 22.6 Å². The van der Waals surface area contributed by atoms with E-state index in [4.69, 9.17) is 15.5 Å². The molecule has 0 unspecified atom stereocenters. The molecule has 12 heteroatoms. The highest BCUT2D eigenvalue weighted by Crippen LogP contribution is 2.35. The number of hydrogen-bond acceptors (Lipinski definition) is 9. The number of nitrogens with two attached hydrogens (primary N) is 1. The van der Waals surface area contributed by atoms with Crippen molar-refractivity contribution < 1.29 is 19.1 Å². The quantitative estimate of drug-likeness (QED) is 0.102. The lowest BCUT2D eigenvalue weighted by molar-refractivity contribution is -0.113. The summed E-state index contributed by atoms with van der Waals surface area (Å²) in [5.41, 5.74) is 9.43. The summed E-state index contributed by atoms with van der Waals surface area (Å²) in [5.74, 6) is -1.16. The molecule has 0 saturated carbocycles. The number of amides is 2. The minimum Gasteiger partial charge on any atom is -0.459 e. The van der Waals surface area contributed by atoms with E-state index >= 15 is 0 Å². The van der Waals surface area contributed by atoms with Gasteiger partial charge in [0.25, 0.3) is 5.91 Å². The Bertz CT molecular complexity index is 1880. The number of nitrogens with one attached hydrogen (secondary N) is 1. The zero-order valence-corrected chi connectivity index (χ0v) is 26.0. The summed E-state index contributed by atoms with van der Waals surface area (Å²) in [4.78, 5) is 42.9. The van der Waals surface area contributed by atoms with Crippen molar-refractivity contribution in [3.63, 3.8) is 0 Å². The van der Waals surface area contributed by atoms with Gasteiger partial charge in [0, 0.05) is 23.1 Å². The second-order valence-electron chi connectivity index (χ2n) is 10.1. The van der Waals surface area contributed by atoms with Crippen molar-refractivity contribution in [2.45, 2.75) is 38.6 Å². The van der Waals surface area contributed by atoms with Crippen molar-refractivity contribution in [1.29, 1.82) is 0 Å². The second kappa shape index (κ2) is 13.2. The Morgan fingerprint density at radius 1 is 1.11 bits per heavy atom. The van der Waals surface area contributed by atoms with Gasteiger partial charge in [0.2, 0.25) is 5.91 Å². The standard InChI is InChI=1S/C32H30N6O4S2/c1-5-15-38-29(22-16-24(20-11-7-6-8-12-20)34-23-14-10-9-13-21(22)23)36-37-32(38)43-17-25(39)35-30-26(31(41)42-18(2)3)19(4)27(44-30)28(33)40/h5-14,16,18H,1,15,17H2,2-4H3,(H2,33,40)(H,35,39). The van der Waals surface area contributed by atoms with E-state index in [1.165, 1.54) is 11.8 Å². The van der Waals surface area contributed by atoms with Crippen molar-refractivity contribution >= 4 is 56.8 Å². The van der Waals surface area contributed by atoms with E-state index in [1.54, 1.807) is 26.8 Å². The maximum Gasteiger partial charge on any atom is 0.341 e. The first-order valence-electron chi connectivity index (χ1n) is 13.7. The lowest BCUT2D eigenvalue weighted by Gasteiger charge is -2.12. The van der Waals surface area contributed by atoms with Crippen LogP contribution in [0.15, 0.2) is 78.5 Å². The van der Waals surface area contributed by atoms with Crippen LogP contribution in [0.4, 0.5) is 5.00 Å². The van der Waals surface area contributed by atoms with Crippen LogP contribution in [-0.2, 0) is 16.1 Å². The Labute approximate surface area is 262 Å². The van der Waals surface area contributed by atoms with Gasteiger partial charge in [-0.2, -0.15) is 0 Å². The number of nitrogens with zero attached hydrogens (tertiary/aromatic N) is 4. The van der Waals surface area contributed by atoms with E-state index in [-0.39, 0.29) is 27.3 Å². The van der Waals surface area contributed by atoms with Crippen LogP contribution in [-0.4, -0.2) is 49.4 Å². The normalized spacial score (nSPS) is 11.1. The molecule has 0 aliphatic carbocycles. The molecule has 3 N–H and O–H groups in total. The fraction of sp³-hybridized carbons (Fsp3) is 0.188. The number of pyridine rings is 1. The van der Waals surface area contributed by atoms with Crippen LogP contribution >= 0.6 is 23.1 Å².